The zero-order valence-corrected chi connectivity index (χ0v) is 11.5. The molecule has 0 saturated heterocycles. The summed E-state index contributed by atoms with van der Waals surface area (Å²) in [5, 5.41) is 0. The SMILES string of the molecule is CC.CCC(C)N(CC)Cc1ccccc1. The number of benzene rings is 1. The molecular formula is C15H27N. The second-order valence-corrected chi connectivity index (χ2v) is 3.81. The van der Waals surface area contributed by atoms with Crippen LogP contribution < -0.4 is 0 Å². The van der Waals surface area contributed by atoms with E-state index in [0.717, 1.165) is 13.1 Å². The first-order chi connectivity index (χ1) is 7.77. The maximum Gasteiger partial charge on any atom is 0.0236 e. The lowest BCUT2D eigenvalue weighted by Gasteiger charge is -2.26. The van der Waals surface area contributed by atoms with E-state index in [1.165, 1.54) is 12.0 Å². The van der Waals surface area contributed by atoms with Crippen molar-refractivity contribution < 1.29 is 0 Å². The third-order valence-electron chi connectivity index (χ3n) is 2.85. The van der Waals surface area contributed by atoms with E-state index in [2.05, 4.69) is 56.0 Å². The number of nitrogens with zero attached hydrogens (tertiary/aromatic N) is 1. The molecule has 0 fully saturated rings. The monoisotopic (exact) mass is 221 g/mol. The van der Waals surface area contributed by atoms with Gasteiger partial charge < -0.3 is 0 Å². The van der Waals surface area contributed by atoms with E-state index in [0.29, 0.717) is 6.04 Å². The van der Waals surface area contributed by atoms with Crippen molar-refractivity contribution in [3.05, 3.63) is 35.9 Å². The Balaban J connectivity index is 0.00000106. The molecule has 0 amide bonds. The summed E-state index contributed by atoms with van der Waals surface area (Å²) < 4.78 is 0. The predicted octanol–water partition coefficient (Wildman–Crippen LogP) is 4.33. The van der Waals surface area contributed by atoms with Crippen LogP contribution in [0.3, 0.4) is 0 Å². The molecule has 92 valence electrons. The summed E-state index contributed by atoms with van der Waals surface area (Å²) in [4.78, 5) is 2.51. The van der Waals surface area contributed by atoms with Crippen LogP contribution in [0.15, 0.2) is 30.3 Å². The summed E-state index contributed by atoms with van der Waals surface area (Å²) in [6.07, 6.45) is 1.22. The van der Waals surface area contributed by atoms with E-state index < -0.39 is 0 Å². The van der Waals surface area contributed by atoms with Crippen molar-refractivity contribution in [1.29, 1.82) is 0 Å². The summed E-state index contributed by atoms with van der Waals surface area (Å²) in [6, 6.07) is 11.4. The second-order valence-electron chi connectivity index (χ2n) is 3.81. The van der Waals surface area contributed by atoms with Crippen LogP contribution in [0.1, 0.15) is 46.6 Å². The lowest BCUT2D eigenvalue weighted by Crippen LogP contribution is -2.31. The molecule has 1 aromatic carbocycles. The van der Waals surface area contributed by atoms with Gasteiger partial charge in [-0.15, -0.1) is 0 Å². The van der Waals surface area contributed by atoms with Crippen LogP contribution in [0, 0.1) is 0 Å². The van der Waals surface area contributed by atoms with E-state index >= 15 is 0 Å². The van der Waals surface area contributed by atoms with Gasteiger partial charge in [-0.3, -0.25) is 4.90 Å². The largest absolute Gasteiger partial charge is 0.297 e. The van der Waals surface area contributed by atoms with Crippen molar-refractivity contribution in [2.24, 2.45) is 0 Å². The molecule has 0 spiro atoms. The van der Waals surface area contributed by atoms with Crippen LogP contribution in [-0.2, 0) is 6.54 Å². The van der Waals surface area contributed by atoms with Crippen molar-refractivity contribution in [1.82, 2.24) is 4.90 Å². The lowest BCUT2D eigenvalue weighted by atomic mass is 10.1. The molecule has 0 aliphatic heterocycles. The molecule has 1 unspecified atom stereocenters. The van der Waals surface area contributed by atoms with Gasteiger partial charge in [0.2, 0.25) is 0 Å². The van der Waals surface area contributed by atoms with Crippen LogP contribution in [0.25, 0.3) is 0 Å². The van der Waals surface area contributed by atoms with Crippen molar-refractivity contribution in [2.45, 2.75) is 53.6 Å². The molecule has 1 rings (SSSR count). The Morgan fingerprint density at radius 3 is 2.06 bits per heavy atom. The molecular weight excluding hydrogens is 194 g/mol. The maximum absolute atomic E-state index is 2.51. The van der Waals surface area contributed by atoms with Crippen LogP contribution in [0.4, 0.5) is 0 Å². The van der Waals surface area contributed by atoms with Gasteiger partial charge in [0.25, 0.3) is 0 Å². The Kier molecular flexibility index (Phi) is 8.93. The van der Waals surface area contributed by atoms with Crippen LogP contribution in [0.2, 0.25) is 0 Å². The van der Waals surface area contributed by atoms with Crippen molar-refractivity contribution in [2.75, 3.05) is 6.54 Å². The fourth-order valence-electron chi connectivity index (χ4n) is 1.66. The second kappa shape index (κ2) is 9.41. The van der Waals surface area contributed by atoms with Crippen molar-refractivity contribution >= 4 is 0 Å². The van der Waals surface area contributed by atoms with E-state index in [4.69, 9.17) is 0 Å². The Bertz CT molecular complexity index is 243. The van der Waals surface area contributed by atoms with E-state index in [1.54, 1.807) is 0 Å². The first-order valence-electron chi connectivity index (χ1n) is 6.55. The quantitative estimate of drug-likeness (QED) is 0.715. The average molecular weight is 221 g/mol. The maximum atomic E-state index is 2.51. The highest BCUT2D eigenvalue weighted by Crippen LogP contribution is 2.09. The third-order valence-corrected chi connectivity index (χ3v) is 2.85. The molecule has 0 aliphatic carbocycles. The summed E-state index contributed by atoms with van der Waals surface area (Å²) in [7, 11) is 0. The molecule has 0 aliphatic rings. The van der Waals surface area contributed by atoms with E-state index in [1.807, 2.05) is 13.8 Å². The standard InChI is InChI=1S/C13H21N.C2H6/c1-4-12(3)14(5-2)11-13-9-7-6-8-10-13;1-2/h6-10,12H,4-5,11H2,1-3H3;1-2H3. The van der Waals surface area contributed by atoms with Crippen LogP contribution in [0.5, 0.6) is 0 Å². The molecule has 16 heavy (non-hydrogen) atoms. The minimum absolute atomic E-state index is 0.681. The summed E-state index contributed by atoms with van der Waals surface area (Å²) in [5.41, 5.74) is 1.41. The van der Waals surface area contributed by atoms with Gasteiger partial charge in [-0.05, 0) is 25.5 Å². The highest BCUT2D eigenvalue weighted by molar-refractivity contribution is 5.14. The molecule has 0 N–H and O–H groups in total. The van der Waals surface area contributed by atoms with Gasteiger partial charge >= 0.3 is 0 Å². The smallest absolute Gasteiger partial charge is 0.0236 e. The Morgan fingerprint density at radius 1 is 1.06 bits per heavy atom. The Hall–Kier alpha value is -0.820. The van der Waals surface area contributed by atoms with Gasteiger partial charge in [0.1, 0.15) is 0 Å². The molecule has 1 nitrogen and oxygen atoms in total. The normalized spacial score (nSPS) is 11.9. The highest BCUT2D eigenvalue weighted by Gasteiger charge is 2.09. The minimum atomic E-state index is 0.681. The molecule has 0 aromatic heterocycles. The molecule has 0 radical (unpaired) electrons. The fourth-order valence-corrected chi connectivity index (χ4v) is 1.66. The Morgan fingerprint density at radius 2 is 1.62 bits per heavy atom. The topological polar surface area (TPSA) is 3.24 Å². The van der Waals surface area contributed by atoms with Gasteiger partial charge in [-0.25, -0.2) is 0 Å². The van der Waals surface area contributed by atoms with E-state index in [-0.39, 0.29) is 0 Å². The highest BCUT2D eigenvalue weighted by atomic mass is 15.1. The lowest BCUT2D eigenvalue weighted by molar-refractivity contribution is 0.206. The Labute approximate surface area is 101 Å². The van der Waals surface area contributed by atoms with Gasteiger partial charge in [-0.2, -0.15) is 0 Å². The zero-order valence-electron chi connectivity index (χ0n) is 11.5. The summed E-state index contributed by atoms with van der Waals surface area (Å²) in [5.74, 6) is 0. The molecule has 0 heterocycles. The van der Waals surface area contributed by atoms with E-state index in [9.17, 15) is 0 Å². The molecule has 1 aromatic rings. The molecule has 1 heteroatoms. The minimum Gasteiger partial charge on any atom is -0.297 e. The summed E-state index contributed by atoms with van der Waals surface area (Å²) in [6.45, 7) is 13.0. The van der Waals surface area contributed by atoms with Crippen LogP contribution >= 0.6 is 0 Å². The van der Waals surface area contributed by atoms with Gasteiger partial charge in [0.15, 0.2) is 0 Å². The van der Waals surface area contributed by atoms with Crippen LogP contribution in [-0.4, -0.2) is 17.5 Å². The zero-order chi connectivity index (χ0) is 12.4. The predicted molar refractivity (Wildman–Crippen MR) is 73.6 cm³/mol. The van der Waals surface area contributed by atoms with Gasteiger partial charge in [-0.1, -0.05) is 58.0 Å². The average Bonchev–Trinajstić information content (AvgIpc) is 2.38. The number of hydrogen-bond acceptors (Lipinski definition) is 1. The van der Waals surface area contributed by atoms with Crippen molar-refractivity contribution in [3.63, 3.8) is 0 Å². The first-order valence-corrected chi connectivity index (χ1v) is 6.55. The molecule has 0 bridgehead atoms. The summed E-state index contributed by atoms with van der Waals surface area (Å²) >= 11 is 0. The third kappa shape index (κ3) is 5.32. The fraction of sp³-hybridized carbons (Fsp3) is 0.600. The van der Waals surface area contributed by atoms with Gasteiger partial charge in [0, 0.05) is 12.6 Å². The van der Waals surface area contributed by atoms with Crippen molar-refractivity contribution in [3.8, 4) is 0 Å². The first kappa shape index (κ1) is 15.2. The number of hydrogen-bond donors (Lipinski definition) is 0. The molecule has 1 atom stereocenters. The molecule has 0 saturated carbocycles. The number of rotatable bonds is 5. The van der Waals surface area contributed by atoms with Gasteiger partial charge in [0.05, 0.1) is 0 Å².